The van der Waals surface area contributed by atoms with Crippen LogP contribution in [-0.2, 0) is 13.0 Å². The van der Waals surface area contributed by atoms with Crippen molar-refractivity contribution in [3.8, 4) is 5.75 Å². The van der Waals surface area contributed by atoms with Gasteiger partial charge in [0.15, 0.2) is 5.65 Å². The van der Waals surface area contributed by atoms with Crippen molar-refractivity contribution in [1.82, 2.24) is 19.9 Å². The molecule has 1 amide bonds. The molecule has 0 spiro atoms. The van der Waals surface area contributed by atoms with E-state index in [4.69, 9.17) is 20.4 Å². The Morgan fingerprint density at radius 3 is 2.45 bits per heavy atom. The molecule has 1 atom stereocenters. The van der Waals surface area contributed by atoms with Crippen LogP contribution in [0.4, 0.5) is 5.82 Å². The van der Waals surface area contributed by atoms with Gasteiger partial charge in [-0.3, -0.25) is 4.79 Å². The molecular formula is C24H27N5O2. The lowest BCUT2D eigenvalue weighted by atomic mass is 10.1. The van der Waals surface area contributed by atoms with Gasteiger partial charge < -0.3 is 20.4 Å². The van der Waals surface area contributed by atoms with E-state index in [1.165, 1.54) is 0 Å². The van der Waals surface area contributed by atoms with Crippen LogP contribution in [0.1, 0.15) is 36.2 Å². The van der Waals surface area contributed by atoms with E-state index >= 15 is 0 Å². The summed E-state index contributed by atoms with van der Waals surface area (Å²) in [7, 11) is 1.65. The number of aryl methyl sites for hydroxylation is 2. The number of amides is 1. The standard InChI is InChI=1S/C24H27N5O2/c1-4-15(2)26-24(30)20-21-23(28-19-8-6-5-7-18(19)27-21)29(22(20)25)14-13-16-9-11-17(31-3)12-10-16/h5-12,15H,4,13-14,25H2,1-3H3,(H,26,30)/t15-/m0/s1. The van der Waals surface area contributed by atoms with Crippen molar-refractivity contribution < 1.29 is 9.53 Å². The molecule has 3 N–H and O–H groups in total. The number of nitrogens with two attached hydrogens (primary N) is 1. The summed E-state index contributed by atoms with van der Waals surface area (Å²) in [6.45, 7) is 4.58. The van der Waals surface area contributed by atoms with Crippen LogP contribution in [0.2, 0.25) is 0 Å². The van der Waals surface area contributed by atoms with Gasteiger partial charge in [0.05, 0.1) is 18.1 Å². The third-order valence-corrected chi connectivity index (χ3v) is 5.59. The molecule has 0 bridgehead atoms. The average molecular weight is 418 g/mol. The first-order valence-corrected chi connectivity index (χ1v) is 10.5. The summed E-state index contributed by atoms with van der Waals surface area (Å²) in [5.74, 6) is 0.986. The molecule has 31 heavy (non-hydrogen) atoms. The Hall–Kier alpha value is -3.61. The number of nitrogen functional groups attached to an aromatic ring is 1. The van der Waals surface area contributed by atoms with Gasteiger partial charge in [-0.25, -0.2) is 9.97 Å². The number of fused-ring (bicyclic) bond motifs is 2. The highest BCUT2D eigenvalue weighted by Crippen LogP contribution is 2.28. The van der Waals surface area contributed by atoms with Gasteiger partial charge in [0, 0.05) is 12.6 Å². The first kappa shape index (κ1) is 20.7. The van der Waals surface area contributed by atoms with Crippen molar-refractivity contribution >= 4 is 33.9 Å². The molecule has 7 heteroatoms. The van der Waals surface area contributed by atoms with Gasteiger partial charge in [-0.1, -0.05) is 31.2 Å². The van der Waals surface area contributed by atoms with Crippen LogP contribution in [0.15, 0.2) is 48.5 Å². The van der Waals surface area contributed by atoms with Crippen LogP contribution in [0.25, 0.3) is 22.2 Å². The van der Waals surface area contributed by atoms with Crippen LogP contribution in [0.5, 0.6) is 5.75 Å². The topological polar surface area (TPSA) is 95.1 Å². The van der Waals surface area contributed by atoms with E-state index in [0.29, 0.717) is 29.1 Å². The summed E-state index contributed by atoms with van der Waals surface area (Å²) in [6, 6.07) is 15.6. The number of nitrogens with zero attached hydrogens (tertiary/aromatic N) is 3. The van der Waals surface area contributed by atoms with Gasteiger partial charge in [-0.05, 0) is 49.6 Å². The Kier molecular flexibility index (Phi) is 5.75. The zero-order chi connectivity index (χ0) is 22.0. The highest BCUT2D eigenvalue weighted by molar-refractivity contribution is 6.10. The van der Waals surface area contributed by atoms with Crippen molar-refractivity contribution in [2.45, 2.75) is 39.3 Å². The van der Waals surface area contributed by atoms with E-state index in [2.05, 4.69) is 5.32 Å². The Labute approximate surface area is 181 Å². The Morgan fingerprint density at radius 2 is 1.81 bits per heavy atom. The third kappa shape index (κ3) is 4.03. The lowest BCUT2D eigenvalue weighted by Crippen LogP contribution is -2.32. The fourth-order valence-corrected chi connectivity index (χ4v) is 3.60. The summed E-state index contributed by atoms with van der Waals surface area (Å²) in [5.41, 5.74) is 10.7. The lowest BCUT2D eigenvalue weighted by molar-refractivity contribution is 0.0941. The molecule has 0 saturated heterocycles. The number of carbonyl (C=O) groups excluding carboxylic acids is 1. The minimum absolute atomic E-state index is 0.0398. The molecule has 0 saturated carbocycles. The van der Waals surface area contributed by atoms with Gasteiger partial charge in [0.1, 0.15) is 22.6 Å². The first-order valence-electron chi connectivity index (χ1n) is 10.5. The minimum Gasteiger partial charge on any atom is -0.497 e. The number of benzene rings is 2. The lowest BCUT2D eigenvalue weighted by Gasteiger charge is -2.11. The monoisotopic (exact) mass is 417 g/mol. The van der Waals surface area contributed by atoms with E-state index in [1.54, 1.807) is 7.11 Å². The fourth-order valence-electron chi connectivity index (χ4n) is 3.60. The smallest absolute Gasteiger partial charge is 0.257 e. The van der Waals surface area contributed by atoms with Crippen molar-refractivity contribution in [1.29, 1.82) is 0 Å². The summed E-state index contributed by atoms with van der Waals surface area (Å²) < 4.78 is 7.13. The predicted octanol–water partition coefficient (Wildman–Crippen LogP) is 3.95. The second kappa shape index (κ2) is 8.63. The Bertz CT molecular complexity index is 1230. The molecule has 4 rings (SSSR count). The molecule has 2 aromatic carbocycles. The molecular weight excluding hydrogens is 390 g/mol. The number of ether oxygens (including phenoxy) is 1. The summed E-state index contributed by atoms with van der Waals surface area (Å²) in [4.78, 5) is 22.6. The number of hydrogen-bond acceptors (Lipinski definition) is 5. The molecule has 0 fully saturated rings. The number of hydrogen-bond donors (Lipinski definition) is 2. The van der Waals surface area contributed by atoms with E-state index in [9.17, 15) is 4.79 Å². The molecule has 7 nitrogen and oxygen atoms in total. The molecule has 0 unspecified atom stereocenters. The van der Waals surface area contributed by atoms with Gasteiger partial charge in [-0.15, -0.1) is 0 Å². The predicted molar refractivity (Wildman–Crippen MR) is 123 cm³/mol. The highest BCUT2D eigenvalue weighted by atomic mass is 16.5. The quantitative estimate of drug-likeness (QED) is 0.475. The second-order valence-electron chi connectivity index (χ2n) is 7.68. The summed E-state index contributed by atoms with van der Waals surface area (Å²) in [6.07, 6.45) is 1.56. The van der Waals surface area contributed by atoms with Gasteiger partial charge in [-0.2, -0.15) is 0 Å². The minimum atomic E-state index is -0.218. The van der Waals surface area contributed by atoms with Crippen LogP contribution in [-0.4, -0.2) is 33.6 Å². The number of methoxy groups -OCH3 is 1. The van der Waals surface area contributed by atoms with Crippen molar-refractivity contribution in [3.05, 3.63) is 59.7 Å². The van der Waals surface area contributed by atoms with E-state index in [0.717, 1.165) is 35.2 Å². The number of rotatable bonds is 7. The number of aromatic nitrogens is 3. The molecule has 2 heterocycles. The van der Waals surface area contributed by atoms with E-state index in [1.807, 2.05) is 66.9 Å². The summed E-state index contributed by atoms with van der Waals surface area (Å²) in [5, 5.41) is 3.01. The molecule has 0 aliphatic heterocycles. The molecule has 0 aliphatic carbocycles. The highest BCUT2D eigenvalue weighted by Gasteiger charge is 2.24. The molecule has 2 aromatic heterocycles. The number of anilines is 1. The third-order valence-electron chi connectivity index (χ3n) is 5.59. The van der Waals surface area contributed by atoms with Crippen LogP contribution >= 0.6 is 0 Å². The maximum Gasteiger partial charge on any atom is 0.257 e. The van der Waals surface area contributed by atoms with Crippen LogP contribution < -0.4 is 15.8 Å². The van der Waals surface area contributed by atoms with Gasteiger partial charge in [0.2, 0.25) is 0 Å². The Morgan fingerprint density at radius 1 is 1.13 bits per heavy atom. The zero-order valence-corrected chi connectivity index (χ0v) is 18.1. The number of para-hydroxylation sites is 2. The fraction of sp³-hybridized carbons (Fsp3) is 0.292. The van der Waals surface area contributed by atoms with Gasteiger partial charge in [0.25, 0.3) is 5.91 Å². The average Bonchev–Trinajstić information content (AvgIpc) is 3.06. The maximum atomic E-state index is 13.1. The Balaban J connectivity index is 1.78. The molecule has 160 valence electrons. The largest absolute Gasteiger partial charge is 0.497 e. The second-order valence-corrected chi connectivity index (χ2v) is 7.68. The molecule has 0 aliphatic rings. The zero-order valence-electron chi connectivity index (χ0n) is 18.1. The molecule has 0 radical (unpaired) electrons. The van der Waals surface area contributed by atoms with E-state index < -0.39 is 0 Å². The van der Waals surface area contributed by atoms with Crippen molar-refractivity contribution in [3.63, 3.8) is 0 Å². The maximum absolute atomic E-state index is 13.1. The van der Waals surface area contributed by atoms with Crippen molar-refractivity contribution in [2.24, 2.45) is 0 Å². The SMILES string of the molecule is CC[C@H](C)NC(=O)c1c(N)n(CCc2ccc(OC)cc2)c2nc3ccccc3nc12. The molecule has 4 aromatic rings. The van der Waals surface area contributed by atoms with Crippen LogP contribution in [0, 0.1) is 0 Å². The van der Waals surface area contributed by atoms with Crippen LogP contribution in [0.3, 0.4) is 0 Å². The summed E-state index contributed by atoms with van der Waals surface area (Å²) >= 11 is 0. The number of nitrogens with one attached hydrogen (secondary N) is 1. The normalized spacial score (nSPS) is 12.2. The van der Waals surface area contributed by atoms with Gasteiger partial charge >= 0.3 is 0 Å². The van der Waals surface area contributed by atoms with Crippen molar-refractivity contribution in [2.75, 3.05) is 12.8 Å². The first-order chi connectivity index (χ1) is 15.0. The number of carbonyl (C=O) groups is 1. The van der Waals surface area contributed by atoms with E-state index in [-0.39, 0.29) is 11.9 Å².